The largest absolute Gasteiger partial charge is 0.497 e. The van der Waals surface area contributed by atoms with Gasteiger partial charge in [0.15, 0.2) is 11.0 Å². The Bertz CT molecular complexity index is 1550. The van der Waals surface area contributed by atoms with Crippen LogP contribution >= 0.6 is 35.0 Å². The zero-order chi connectivity index (χ0) is 28.9. The molecule has 0 spiro atoms. The summed E-state index contributed by atoms with van der Waals surface area (Å²) in [4.78, 5) is 25.3. The van der Waals surface area contributed by atoms with E-state index in [9.17, 15) is 22.8 Å². The standard InChI is InChI=1S/C26H20Cl2F3N5O3S/c1-39-17-6-4-5-15(11-17)24(38)32-13-22-34-35-25(36(22)16-9-10-19(27)20(28)12-16)40-14-23(37)33-21-8-3-2-7-18(21)26(29,30)31/h2-12H,13-14H2,1H3,(H,32,38)(H,33,37). The minimum Gasteiger partial charge on any atom is -0.497 e. The Labute approximate surface area is 240 Å². The molecular weight excluding hydrogens is 590 g/mol. The molecule has 4 aromatic rings. The smallest absolute Gasteiger partial charge is 0.418 e. The number of carbonyl (C=O) groups is 2. The number of methoxy groups -OCH3 is 1. The van der Waals surface area contributed by atoms with Crippen molar-refractivity contribution in [1.29, 1.82) is 0 Å². The SMILES string of the molecule is COc1cccc(C(=O)NCc2nnc(SCC(=O)Nc3ccccc3C(F)(F)F)n2-c2ccc(Cl)c(Cl)c2)c1. The van der Waals surface area contributed by atoms with Crippen LogP contribution < -0.4 is 15.4 Å². The van der Waals surface area contributed by atoms with Crippen molar-refractivity contribution < 1.29 is 27.5 Å². The molecule has 2 amide bonds. The van der Waals surface area contributed by atoms with E-state index in [1.54, 1.807) is 47.0 Å². The van der Waals surface area contributed by atoms with Crippen molar-refractivity contribution in [3.8, 4) is 11.4 Å². The molecule has 0 fully saturated rings. The first-order chi connectivity index (χ1) is 19.1. The van der Waals surface area contributed by atoms with Crippen LogP contribution in [0.1, 0.15) is 21.7 Å². The van der Waals surface area contributed by atoms with Gasteiger partial charge in [-0.2, -0.15) is 13.2 Å². The maximum atomic E-state index is 13.3. The second-order valence-electron chi connectivity index (χ2n) is 8.13. The molecular formula is C26H20Cl2F3N5O3S. The predicted octanol–water partition coefficient (Wildman–Crippen LogP) is 6.26. The Hall–Kier alpha value is -3.74. The molecule has 8 nitrogen and oxygen atoms in total. The number of nitrogens with one attached hydrogen (secondary N) is 2. The highest BCUT2D eigenvalue weighted by atomic mass is 35.5. The van der Waals surface area contributed by atoms with E-state index in [4.69, 9.17) is 27.9 Å². The minimum absolute atomic E-state index is 0.0466. The van der Waals surface area contributed by atoms with Crippen LogP contribution in [0.5, 0.6) is 5.75 Å². The summed E-state index contributed by atoms with van der Waals surface area (Å²) in [7, 11) is 1.49. The molecule has 0 radical (unpaired) electrons. The van der Waals surface area contributed by atoms with E-state index in [1.165, 1.54) is 25.3 Å². The van der Waals surface area contributed by atoms with Crippen LogP contribution in [-0.2, 0) is 17.5 Å². The Morgan fingerprint density at radius 2 is 1.77 bits per heavy atom. The van der Waals surface area contributed by atoms with Crippen LogP contribution in [0.15, 0.2) is 71.9 Å². The fraction of sp³-hybridized carbons (Fsp3) is 0.154. The summed E-state index contributed by atoms with van der Waals surface area (Å²) >= 11 is 13.2. The topological polar surface area (TPSA) is 98.1 Å². The van der Waals surface area contributed by atoms with Gasteiger partial charge in [0.2, 0.25) is 5.91 Å². The summed E-state index contributed by atoms with van der Waals surface area (Å²) in [5.41, 5.74) is -0.449. The van der Waals surface area contributed by atoms with Gasteiger partial charge in [0, 0.05) is 5.56 Å². The van der Waals surface area contributed by atoms with Gasteiger partial charge in [0.05, 0.1) is 46.4 Å². The number of rotatable bonds is 9. The fourth-order valence-corrected chi connectivity index (χ4v) is 4.64. The van der Waals surface area contributed by atoms with E-state index in [0.29, 0.717) is 27.8 Å². The van der Waals surface area contributed by atoms with Gasteiger partial charge in [-0.25, -0.2) is 0 Å². The van der Waals surface area contributed by atoms with Crippen LogP contribution in [0.25, 0.3) is 5.69 Å². The molecule has 0 atom stereocenters. The summed E-state index contributed by atoms with van der Waals surface area (Å²) in [6.45, 7) is -0.0466. The summed E-state index contributed by atoms with van der Waals surface area (Å²) < 4.78 is 46.6. The first kappa shape index (κ1) is 29.2. The number of ether oxygens (including phenoxy) is 1. The molecule has 0 bridgehead atoms. The third-order valence-electron chi connectivity index (χ3n) is 5.44. The number of aromatic nitrogens is 3. The molecule has 0 aliphatic carbocycles. The highest BCUT2D eigenvalue weighted by molar-refractivity contribution is 7.99. The van der Waals surface area contributed by atoms with Gasteiger partial charge in [-0.15, -0.1) is 10.2 Å². The number of hydrogen-bond acceptors (Lipinski definition) is 6. The Morgan fingerprint density at radius 3 is 2.50 bits per heavy atom. The summed E-state index contributed by atoms with van der Waals surface area (Å²) in [6, 6.07) is 16.0. The van der Waals surface area contributed by atoms with Crippen molar-refractivity contribution in [3.05, 3.63) is 93.7 Å². The molecule has 1 heterocycles. The molecule has 208 valence electrons. The average Bonchev–Trinajstić information content (AvgIpc) is 3.34. The van der Waals surface area contributed by atoms with Crippen molar-refractivity contribution in [3.63, 3.8) is 0 Å². The summed E-state index contributed by atoms with van der Waals surface area (Å²) in [5.74, 6) is -0.527. The van der Waals surface area contributed by atoms with Crippen molar-refractivity contribution in [2.24, 2.45) is 0 Å². The molecule has 0 unspecified atom stereocenters. The molecule has 0 aliphatic rings. The molecule has 40 heavy (non-hydrogen) atoms. The Kier molecular flexibility index (Phi) is 9.23. The highest BCUT2D eigenvalue weighted by Crippen LogP contribution is 2.35. The van der Waals surface area contributed by atoms with Crippen LogP contribution in [0.2, 0.25) is 10.0 Å². The number of thioether (sulfide) groups is 1. The van der Waals surface area contributed by atoms with Crippen molar-refractivity contribution in [2.45, 2.75) is 17.9 Å². The second kappa shape index (κ2) is 12.6. The van der Waals surface area contributed by atoms with Gasteiger partial charge in [0.1, 0.15) is 5.75 Å². The van der Waals surface area contributed by atoms with E-state index < -0.39 is 17.6 Å². The molecule has 0 saturated heterocycles. The number of anilines is 1. The molecule has 2 N–H and O–H groups in total. The number of benzene rings is 3. The van der Waals surface area contributed by atoms with E-state index >= 15 is 0 Å². The maximum Gasteiger partial charge on any atom is 0.418 e. The first-order valence-corrected chi connectivity index (χ1v) is 13.2. The van der Waals surface area contributed by atoms with E-state index in [-0.39, 0.29) is 34.1 Å². The highest BCUT2D eigenvalue weighted by Gasteiger charge is 2.33. The lowest BCUT2D eigenvalue weighted by Gasteiger charge is -2.14. The Balaban J connectivity index is 1.54. The number of carbonyl (C=O) groups excluding carboxylic acids is 2. The number of para-hydroxylation sites is 1. The van der Waals surface area contributed by atoms with E-state index in [1.807, 2.05) is 0 Å². The number of nitrogens with zero attached hydrogens (tertiary/aromatic N) is 3. The van der Waals surface area contributed by atoms with E-state index in [2.05, 4.69) is 20.8 Å². The second-order valence-corrected chi connectivity index (χ2v) is 9.88. The average molecular weight is 610 g/mol. The predicted molar refractivity (Wildman–Crippen MR) is 146 cm³/mol. The molecule has 1 aromatic heterocycles. The first-order valence-electron chi connectivity index (χ1n) is 11.5. The monoisotopic (exact) mass is 609 g/mol. The molecule has 3 aromatic carbocycles. The zero-order valence-corrected chi connectivity index (χ0v) is 23.0. The van der Waals surface area contributed by atoms with Crippen molar-refractivity contribution in [2.75, 3.05) is 18.2 Å². The van der Waals surface area contributed by atoms with Gasteiger partial charge in [-0.1, -0.05) is 53.2 Å². The lowest BCUT2D eigenvalue weighted by molar-refractivity contribution is -0.137. The minimum atomic E-state index is -4.63. The third-order valence-corrected chi connectivity index (χ3v) is 7.11. The maximum absolute atomic E-state index is 13.3. The van der Waals surface area contributed by atoms with Crippen LogP contribution in [0, 0.1) is 0 Å². The number of halogens is 5. The van der Waals surface area contributed by atoms with E-state index in [0.717, 1.165) is 17.8 Å². The third kappa shape index (κ3) is 7.06. The molecule has 0 aliphatic heterocycles. The lowest BCUT2D eigenvalue weighted by atomic mass is 10.1. The van der Waals surface area contributed by atoms with Gasteiger partial charge in [-0.3, -0.25) is 14.2 Å². The van der Waals surface area contributed by atoms with Crippen LogP contribution in [0.3, 0.4) is 0 Å². The normalized spacial score (nSPS) is 11.2. The summed E-state index contributed by atoms with van der Waals surface area (Å²) in [6.07, 6.45) is -4.63. The van der Waals surface area contributed by atoms with Crippen LogP contribution in [-0.4, -0.2) is 39.4 Å². The van der Waals surface area contributed by atoms with Crippen LogP contribution in [0.4, 0.5) is 18.9 Å². The molecule has 4 rings (SSSR count). The molecule has 0 saturated carbocycles. The van der Waals surface area contributed by atoms with Gasteiger partial charge < -0.3 is 15.4 Å². The summed E-state index contributed by atoms with van der Waals surface area (Å²) in [5, 5.41) is 14.1. The quantitative estimate of drug-likeness (QED) is 0.217. The lowest BCUT2D eigenvalue weighted by Crippen LogP contribution is -2.24. The number of alkyl halides is 3. The van der Waals surface area contributed by atoms with Gasteiger partial charge in [-0.05, 0) is 48.5 Å². The number of hydrogen-bond donors (Lipinski definition) is 2. The Morgan fingerprint density at radius 1 is 1.00 bits per heavy atom. The van der Waals surface area contributed by atoms with Gasteiger partial charge in [0.25, 0.3) is 5.91 Å². The van der Waals surface area contributed by atoms with Crippen molar-refractivity contribution in [1.82, 2.24) is 20.1 Å². The van der Waals surface area contributed by atoms with Gasteiger partial charge >= 0.3 is 6.18 Å². The van der Waals surface area contributed by atoms with Crippen molar-refractivity contribution >= 4 is 52.5 Å². The fourth-order valence-electron chi connectivity index (χ4n) is 3.57. The zero-order valence-electron chi connectivity index (χ0n) is 20.6. The number of amides is 2. The molecule has 14 heteroatoms.